The molecule has 0 heterocycles. The van der Waals surface area contributed by atoms with Crippen molar-refractivity contribution in [2.75, 3.05) is 7.11 Å². The van der Waals surface area contributed by atoms with E-state index in [9.17, 15) is 9.59 Å². The van der Waals surface area contributed by atoms with E-state index in [0.717, 1.165) is 0 Å². The molecule has 21 heavy (non-hydrogen) atoms. The van der Waals surface area contributed by atoms with Gasteiger partial charge in [-0.1, -0.05) is 30.3 Å². The third-order valence-corrected chi connectivity index (χ3v) is 3.00. The zero-order valence-corrected chi connectivity index (χ0v) is 11.9. The Morgan fingerprint density at radius 2 is 1.57 bits per heavy atom. The van der Waals surface area contributed by atoms with Crippen LogP contribution in [0.5, 0.6) is 5.75 Å². The van der Waals surface area contributed by atoms with Gasteiger partial charge in [-0.3, -0.25) is 9.59 Å². The van der Waals surface area contributed by atoms with Gasteiger partial charge in [-0.15, -0.1) is 0 Å². The van der Waals surface area contributed by atoms with E-state index in [4.69, 9.17) is 9.47 Å². The molecule has 0 aliphatic carbocycles. The average Bonchev–Trinajstić information content (AvgIpc) is 2.53. The first kappa shape index (κ1) is 14.8. The molecule has 0 radical (unpaired) electrons. The Hall–Kier alpha value is -2.62. The third-order valence-electron chi connectivity index (χ3n) is 3.00. The van der Waals surface area contributed by atoms with Crippen LogP contribution in [0.3, 0.4) is 0 Å². The summed E-state index contributed by atoms with van der Waals surface area (Å²) in [6.45, 7) is 1.29. The van der Waals surface area contributed by atoms with E-state index in [1.807, 2.05) is 6.07 Å². The molecule has 0 bridgehead atoms. The molecular formula is C17H16O4. The molecule has 4 heteroatoms. The summed E-state index contributed by atoms with van der Waals surface area (Å²) in [5.41, 5.74) is 1.11. The maximum absolute atomic E-state index is 12.6. The van der Waals surface area contributed by atoms with E-state index in [-0.39, 0.29) is 5.78 Å². The van der Waals surface area contributed by atoms with Crippen LogP contribution in [0.2, 0.25) is 0 Å². The molecule has 0 amide bonds. The van der Waals surface area contributed by atoms with E-state index in [0.29, 0.717) is 16.9 Å². The highest BCUT2D eigenvalue weighted by molar-refractivity contribution is 6.01. The Labute approximate surface area is 123 Å². The molecule has 0 N–H and O–H groups in total. The summed E-state index contributed by atoms with van der Waals surface area (Å²) >= 11 is 0. The van der Waals surface area contributed by atoms with Crippen molar-refractivity contribution in [2.24, 2.45) is 0 Å². The first-order valence-corrected chi connectivity index (χ1v) is 6.52. The number of ketones is 1. The summed E-state index contributed by atoms with van der Waals surface area (Å²) < 4.78 is 10.3. The zero-order chi connectivity index (χ0) is 15.2. The van der Waals surface area contributed by atoms with Crippen LogP contribution in [-0.4, -0.2) is 18.9 Å². The predicted molar refractivity (Wildman–Crippen MR) is 78.3 cm³/mol. The molecule has 108 valence electrons. The van der Waals surface area contributed by atoms with Gasteiger partial charge in [0.05, 0.1) is 7.11 Å². The number of carbonyl (C=O) groups is 2. The van der Waals surface area contributed by atoms with Crippen LogP contribution in [0.15, 0.2) is 54.6 Å². The van der Waals surface area contributed by atoms with E-state index in [1.54, 1.807) is 55.6 Å². The lowest BCUT2D eigenvalue weighted by molar-refractivity contribution is -0.144. The van der Waals surface area contributed by atoms with E-state index in [2.05, 4.69) is 0 Å². The SMILES string of the molecule is COc1ccc(C(=O)[C@@H](OC(C)=O)c2ccccc2)cc1. The quantitative estimate of drug-likeness (QED) is 0.625. The first-order chi connectivity index (χ1) is 10.1. The molecule has 1 atom stereocenters. The van der Waals surface area contributed by atoms with Gasteiger partial charge in [0, 0.05) is 18.1 Å². The van der Waals surface area contributed by atoms with Crippen LogP contribution in [-0.2, 0) is 9.53 Å². The number of Topliss-reactive ketones (excluding diaryl/α,β-unsaturated/α-hetero) is 1. The van der Waals surface area contributed by atoms with Gasteiger partial charge < -0.3 is 9.47 Å². The third kappa shape index (κ3) is 3.69. The lowest BCUT2D eigenvalue weighted by atomic mass is 10.00. The van der Waals surface area contributed by atoms with Gasteiger partial charge in [-0.25, -0.2) is 0 Å². The monoisotopic (exact) mass is 284 g/mol. The molecule has 0 saturated heterocycles. The molecule has 2 rings (SSSR count). The molecule has 0 saturated carbocycles. The summed E-state index contributed by atoms with van der Waals surface area (Å²) in [5, 5.41) is 0. The smallest absolute Gasteiger partial charge is 0.303 e. The van der Waals surface area contributed by atoms with Crippen molar-refractivity contribution in [3.8, 4) is 5.75 Å². The summed E-state index contributed by atoms with van der Waals surface area (Å²) in [5.74, 6) is -0.0972. The Morgan fingerprint density at radius 1 is 0.952 bits per heavy atom. The number of hydrogen-bond donors (Lipinski definition) is 0. The number of rotatable bonds is 5. The van der Waals surface area contributed by atoms with Crippen molar-refractivity contribution in [1.82, 2.24) is 0 Å². The molecule has 2 aromatic rings. The van der Waals surface area contributed by atoms with Crippen molar-refractivity contribution in [3.63, 3.8) is 0 Å². The molecule has 0 fully saturated rings. The van der Waals surface area contributed by atoms with Crippen molar-refractivity contribution >= 4 is 11.8 Å². The van der Waals surface area contributed by atoms with Gasteiger partial charge in [0.1, 0.15) is 5.75 Å². The van der Waals surface area contributed by atoms with Gasteiger partial charge in [-0.2, -0.15) is 0 Å². The summed E-state index contributed by atoms with van der Waals surface area (Å²) in [4.78, 5) is 23.8. The molecule has 0 spiro atoms. The summed E-state index contributed by atoms with van der Waals surface area (Å²) in [7, 11) is 1.56. The van der Waals surface area contributed by atoms with Crippen molar-refractivity contribution in [2.45, 2.75) is 13.0 Å². The maximum Gasteiger partial charge on any atom is 0.303 e. The average molecular weight is 284 g/mol. The van der Waals surface area contributed by atoms with E-state index >= 15 is 0 Å². The van der Waals surface area contributed by atoms with Crippen molar-refractivity contribution < 1.29 is 19.1 Å². The van der Waals surface area contributed by atoms with Gasteiger partial charge in [0.2, 0.25) is 5.78 Å². The fourth-order valence-electron chi connectivity index (χ4n) is 1.97. The highest BCUT2D eigenvalue weighted by atomic mass is 16.5. The van der Waals surface area contributed by atoms with Crippen LogP contribution >= 0.6 is 0 Å². The van der Waals surface area contributed by atoms with Crippen molar-refractivity contribution in [3.05, 3.63) is 65.7 Å². The molecule has 0 unspecified atom stereocenters. The van der Waals surface area contributed by atoms with Gasteiger partial charge in [0.25, 0.3) is 0 Å². The first-order valence-electron chi connectivity index (χ1n) is 6.52. The Kier molecular flexibility index (Phi) is 4.72. The highest BCUT2D eigenvalue weighted by Gasteiger charge is 2.24. The second kappa shape index (κ2) is 6.70. The normalized spacial score (nSPS) is 11.5. The molecule has 0 aromatic heterocycles. The van der Waals surface area contributed by atoms with Gasteiger partial charge in [0.15, 0.2) is 6.10 Å². The Morgan fingerprint density at radius 3 is 2.10 bits per heavy atom. The zero-order valence-electron chi connectivity index (χ0n) is 11.9. The second-order valence-electron chi connectivity index (χ2n) is 4.49. The number of benzene rings is 2. The number of carbonyl (C=O) groups excluding carboxylic acids is 2. The van der Waals surface area contributed by atoms with Gasteiger partial charge >= 0.3 is 5.97 Å². The van der Waals surface area contributed by atoms with Crippen molar-refractivity contribution in [1.29, 1.82) is 0 Å². The largest absolute Gasteiger partial charge is 0.497 e. The lowest BCUT2D eigenvalue weighted by Crippen LogP contribution is -2.18. The van der Waals surface area contributed by atoms with Crippen LogP contribution in [0.25, 0.3) is 0 Å². The molecule has 4 nitrogen and oxygen atoms in total. The summed E-state index contributed by atoms with van der Waals surface area (Å²) in [6.07, 6.45) is -0.933. The van der Waals surface area contributed by atoms with Crippen LogP contribution < -0.4 is 4.74 Å². The van der Waals surface area contributed by atoms with Crippen LogP contribution in [0.4, 0.5) is 0 Å². The van der Waals surface area contributed by atoms with Crippen LogP contribution in [0.1, 0.15) is 28.9 Å². The predicted octanol–water partition coefficient (Wildman–Crippen LogP) is 3.18. The Balaban J connectivity index is 2.31. The Bertz CT molecular complexity index is 617. The standard InChI is InChI=1S/C17H16O4/c1-12(18)21-17(14-6-4-3-5-7-14)16(19)13-8-10-15(20-2)11-9-13/h3-11,17H,1-2H3/t17-/m0/s1. The highest BCUT2D eigenvalue weighted by Crippen LogP contribution is 2.23. The molecule has 2 aromatic carbocycles. The fourth-order valence-corrected chi connectivity index (χ4v) is 1.97. The van der Waals surface area contributed by atoms with Gasteiger partial charge in [-0.05, 0) is 24.3 Å². The lowest BCUT2D eigenvalue weighted by Gasteiger charge is -2.16. The fraction of sp³-hybridized carbons (Fsp3) is 0.176. The van der Waals surface area contributed by atoms with E-state index < -0.39 is 12.1 Å². The summed E-state index contributed by atoms with van der Waals surface area (Å²) in [6, 6.07) is 15.7. The second-order valence-corrected chi connectivity index (χ2v) is 4.49. The number of methoxy groups -OCH3 is 1. The maximum atomic E-state index is 12.6. The molecule has 0 aliphatic heterocycles. The van der Waals surface area contributed by atoms with Crippen LogP contribution in [0, 0.1) is 0 Å². The number of esters is 1. The minimum atomic E-state index is -0.933. The molecule has 0 aliphatic rings. The minimum Gasteiger partial charge on any atom is -0.497 e. The number of ether oxygens (including phenoxy) is 2. The minimum absolute atomic E-state index is 0.265. The molecular weight excluding hydrogens is 268 g/mol. The van der Waals surface area contributed by atoms with E-state index in [1.165, 1.54) is 6.92 Å². The topological polar surface area (TPSA) is 52.6 Å². The number of hydrogen-bond acceptors (Lipinski definition) is 4.